The van der Waals surface area contributed by atoms with Crippen molar-refractivity contribution in [3.05, 3.63) is 80.0 Å². The summed E-state index contributed by atoms with van der Waals surface area (Å²) in [5.74, 6) is -0.501. The van der Waals surface area contributed by atoms with Gasteiger partial charge in [0.15, 0.2) is 17.3 Å². The number of alkyl halides is 3. The number of fused-ring (bicyclic) bond motifs is 5. The number of nitrogens with zero attached hydrogens (tertiary/aromatic N) is 7. The molecular formula is C34H32ClF3N8O5. The lowest BCUT2D eigenvalue weighted by molar-refractivity contribution is -0.137. The zero-order valence-electron chi connectivity index (χ0n) is 27.3. The van der Waals surface area contributed by atoms with Gasteiger partial charge in [-0.3, -0.25) is 14.4 Å². The number of hydrogen-bond acceptors (Lipinski definition) is 9. The van der Waals surface area contributed by atoms with Crippen LogP contribution in [0.15, 0.2) is 35.4 Å². The number of carbonyl (C=O) groups excluding carboxylic acids is 2. The van der Waals surface area contributed by atoms with Gasteiger partial charge in [0.05, 0.1) is 35.2 Å². The van der Waals surface area contributed by atoms with Gasteiger partial charge in [-0.1, -0.05) is 17.7 Å². The number of aryl methyl sites for hydroxylation is 1. The highest BCUT2D eigenvalue weighted by Crippen LogP contribution is 2.61. The third-order valence-electron chi connectivity index (χ3n) is 10.6. The van der Waals surface area contributed by atoms with Gasteiger partial charge in [-0.25, -0.2) is 9.97 Å². The van der Waals surface area contributed by atoms with Crippen LogP contribution in [-0.2, 0) is 27.7 Å². The minimum atomic E-state index is -4.60. The van der Waals surface area contributed by atoms with Gasteiger partial charge in [-0.2, -0.15) is 22.7 Å². The van der Waals surface area contributed by atoms with Crippen molar-refractivity contribution in [2.75, 3.05) is 31.6 Å². The van der Waals surface area contributed by atoms with Gasteiger partial charge in [0, 0.05) is 35.7 Å². The van der Waals surface area contributed by atoms with Crippen molar-refractivity contribution in [3.63, 3.8) is 0 Å². The lowest BCUT2D eigenvalue weighted by atomic mass is 9.66. The minimum absolute atomic E-state index is 0.00571. The summed E-state index contributed by atoms with van der Waals surface area (Å²) in [6.45, 7) is 2.72. The first-order valence-corrected chi connectivity index (χ1v) is 17.0. The Hall–Kier alpha value is -4.83. The molecule has 4 aliphatic rings. The maximum absolute atomic E-state index is 14.6. The molecule has 2 aliphatic carbocycles. The third kappa shape index (κ3) is 5.73. The molecule has 1 spiro atoms. The van der Waals surface area contributed by atoms with Crippen LogP contribution in [0.1, 0.15) is 76.8 Å². The molecule has 51 heavy (non-hydrogen) atoms. The number of halogens is 4. The average Bonchev–Trinajstić information content (AvgIpc) is 3.72. The van der Waals surface area contributed by atoms with Gasteiger partial charge < -0.3 is 24.6 Å². The zero-order valence-corrected chi connectivity index (χ0v) is 28.1. The van der Waals surface area contributed by atoms with E-state index in [4.69, 9.17) is 21.3 Å². The molecule has 2 amide bonds. The first-order chi connectivity index (χ1) is 24.3. The Labute approximate surface area is 293 Å². The normalized spacial score (nSPS) is 20.9. The second kappa shape index (κ2) is 12.1. The molecule has 13 nitrogen and oxygen atoms in total. The van der Waals surface area contributed by atoms with Crippen LogP contribution in [0.2, 0.25) is 5.02 Å². The molecule has 2 fully saturated rings. The monoisotopic (exact) mass is 724 g/mol. The second-order valence-corrected chi connectivity index (χ2v) is 14.0. The first kappa shape index (κ1) is 33.3. The van der Waals surface area contributed by atoms with Crippen LogP contribution in [0, 0.1) is 12.8 Å². The molecule has 3 aromatic heterocycles. The zero-order chi connectivity index (χ0) is 35.8. The number of ether oxygens (including phenoxy) is 1. The molecule has 2 N–H and O–H groups in total. The molecule has 1 saturated heterocycles. The van der Waals surface area contributed by atoms with Gasteiger partial charge in [-0.05, 0) is 68.7 Å². The van der Waals surface area contributed by atoms with Gasteiger partial charge in [0.2, 0.25) is 11.7 Å². The summed E-state index contributed by atoms with van der Waals surface area (Å²) in [5.41, 5.74) is 0.371. The van der Waals surface area contributed by atoms with Crippen LogP contribution in [0.25, 0.3) is 11.4 Å². The minimum Gasteiger partial charge on any atom is -0.504 e. The quantitative estimate of drug-likeness (QED) is 0.303. The Balaban J connectivity index is 1.18. The van der Waals surface area contributed by atoms with E-state index < -0.39 is 29.0 Å². The lowest BCUT2D eigenvalue weighted by Crippen LogP contribution is -2.50. The van der Waals surface area contributed by atoms with Crippen molar-refractivity contribution in [2.45, 2.75) is 63.1 Å². The standard InChI is InChI=1S/C34H32ClF3N8O5/c1-17-28(48)26(40-16-39-17)31(50)44-8-6-33(7-9-44)14-19-12-21(19)27-25(33)30(49)46-32(42-29(43-46)18-4-10-51-11-5-18)45(27)15-24(47)41-23-3-2-20(13-22(23)35)34(36,37)38/h2-4,13,16,19,21,48H,5-12,14-15H2,1H3,(H,41,47). The van der Waals surface area contributed by atoms with E-state index in [-0.39, 0.29) is 51.9 Å². The number of hydrogen-bond donors (Lipinski definition) is 2. The van der Waals surface area contributed by atoms with Crippen molar-refractivity contribution in [1.29, 1.82) is 0 Å². The summed E-state index contributed by atoms with van der Waals surface area (Å²) in [5, 5.41) is 17.5. The Kier molecular flexibility index (Phi) is 7.94. The molecule has 2 unspecified atom stereocenters. The largest absolute Gasteiger partial charge is 0.504 e. The molecule has 8 rings (SSSR count). The highest BCUT2D eigenvalue weighted by Gasteiger charge is 2.56. The molecule has 0 radical (unpaired) electrons. The second-order valence-electron chi connectivity index (χ2n) is 13.6. The summed E-state index contributed by atoms with van der Waals surface area (Å²) < 4.78 is 48.2. The molecule has 1 saturated carbocycles. The van der Waals surface area contributed by atoms with Crippen LogP contribution < -0.4 is 10.9 Å². The number of anilines is 1. The third-order valence-corrected chi connectivity index (χ3v) is 10.9. The number of benzene rings is 1. The maximum Gasteiger partial charge on any atom is 0.416 e. The van der Waals surface area contributed by atoms with Crippen LogP contribution >= 0.6 is 11.6 Å². The number of rotatable bonds is 5. The molecule has 2 atom stereocenters. The number of aromatic nitrogens is 6. The van der Waals surface area contributed by atoms with E-state index in [1.807, 2.05) is 6.08 Å². The highest BCUT2D eigenvalue weighted by molar-refractivity contribution is 6.33. The van der Waals surface area contributed by atoms with E-state index in [1.165, 1.54) is 10.8 Å². The topological polar surface area (TPSA) is 157 Å². The van der Waals surface area contributed by atoms with Gasteiger partial charge >= 0.3 is 6.18 Å². The van der Waals surface area contributed by atoms with Crippen molar-refractivity contribution < 1.29 is 32.6 Å². The van der Waals surface area contributed by atoms with Gasteiger partial charge in [0.25, 0.3) is 11.5 Å². The number of likely N-dealkylation sites (tertiary alicyclic amines) is 1. The summed E-state index contributed by atoms with van der Waals surface area (Å²) in [7, 11) is 0. The molecule has 1 aromatic carbocycles. The van der Waals surface area contributed by atoms with Crippen molar-refractivity contribution in [1.82, 2.24) is 34.0 Å². The van der Waals surface area contributed by atoms with E-state index >= 15 is 0 Å². The fraction of sp³-hybridized carbons (Fsp3) is 0.441. The molecular weight excluding hydrogens is 693 g/mol. The Morgan fingerprint density at radius 3 is 2.69 bits per heavy atom. The van der Waals surface area contributed by atoms with Crippen molar-refractivity contribution in [2.24, 2.45) is 5.92 Å². The number of nitrogens with one attached hydrogen (secondary N) is 1. The van der Waals surface area contributed by atoms with Crippen molar-refractivity contribution in [3.8, 4) is 5.75 Å². The van der Waals surface area contributed by atoms with Gasteiger partial charge in [-0.15, -0.1) is 5.10 Å². The summed E-state index contributed by atoms with van der Waals surface area (Å²) in [4.78, 5) is 56.0. The smallest absolute Gasteiger partial charge is 0.416 e. The fourth-order valence-electron chi connectivity index (χ4n) is 7.88. The summed E-state index contributed by atoms with van der Waals surface area (Å²) in [6, 6.07) is 2.71. The SMILES string of the molecule is Cc1ncnc(C(=O)N2CCC3(CC2)CC2CC2c2c3c(=O)n3nc(C4=CCOCC4)nc3n2CC(=O)Nc2ccc(C(F)(F)F)cc2Cl)c1O. The average molecular weight is 725 g/mol. The molecule has 0 bridgehead atoms. The predicted octanol–water partition coefficient (Wildman–Crippen LogP) is 4.49. The number of aromatic hydroxyl groups is 1. The van der Waals surface area contributed by atoms with Crippen LogP contribution in [0.3, 0.4) is 0 Å². The number of amides is 2. The molecule has 4 aromatic rings. The van der Waals surface area contributed by atoms with E-state index in [0.717, 1.165) is 36.6 Å². The van der Waals surface area contributed by atoms with Crippen LogP contribution in [-0.4, -0.2) is 77.3 Å². The molecule has 266 valence electrons. The van der Waals surface area contributed by atoms with E-state index in [1.54, 1.807) is 16.4 Å². The molecule has 17 heteroatoms. The fourth-order valence-corrected chi connectivity index (χ4v) is 8.11. The lowest BCUT2D eigenvalue weighted by Gasteiger charge is -2.45. The number of piperidine rings is 1. The summed E-state index contributed by atoms with van der Waals surface area (Å²) in [6.07, 6.45) is 1.47. The first-order valence-electron chi connectivity index (χ1n) is 16.6. The Morgan fingerprint density at radius 2 is 1.98 bits per heavy atom. The van der Waals surface area contributed by atoms with Crippen molar-refractivity contribution >= 4 is 40.5 Å². The summed E-state index contributed by atoms with van der Waals surface area (Å²) >= 11 is 6.17. The van der Waals surface area contributed by atoms with Crippen LogP contribution in [0.4, 0.5) is 18.9 Å². The molecule has 2 aliphatic heterocycles. The van der Waals surface area contributed by atoms with E-state index in [2.05, 4.69) is 20.4 Å². The highest BCUT2D eigenvalue weighted by atomic mass is 35.5. The van der Waals surface area contributed by atoms with E-state index in [9.17, 15) is 32.7 Å². The Bertz CT molecular complexity index is 2210. The van der Waals surface area contributed by atoms with Crippen LogP contribution in [0.5, 0.6) is 5.75 Å². The molecule has 5 heterocycles. The Morgan fingerprint density at radius 1 is 1.20 bits per heavy atom. The van der Waals surface area contributed by atoms with Gasteiger partial charge in [0.1, 0.15) is 12.9 Å². The van der Waals surface area contributed by atoms with E-state index in [0.29, 0.717) is 68.3 Å². The number of carbonyl (C=O) groups is 2. The predicted molar refractivity (Wildman–Crippen MR) is 176 cm³/mol. The maximum atomic E-state index is 14.6.